The van der Waals surface area contributed by atoms with Crippen LogP contribution in [0.3, 0.4) is 0 Å². The van der Waals surface area contributed by atoms with E-state index in [1.165, 1.54) is 6.92 Å². The fourth-order valence-electron chi connectivity index (χ4n) is 5.47. The Balaban J connectivity index is 2.40. The van der Waals surface area contributed by atoms with E-state index in [1.807, 2.05) is 17.0 Å². The largest absolute Gasteiger partial charge is 0.463 e. The van der Waals surface area contributed by atoms with Crippen molar-refractivity contribution in [1.82, 2.24) is 16.0 Å². The average molecular weight is 776 g/mol. The van der Waals surface area contributed by atoms with Gasteiger partial charge in [-0.2, -0.15) is 0 Å². The Bertz CT molecular complexity index is 1410. The molecule has 0 spiro atoms. The summed E-state index contributed by atoms with van der Waals surface area (Å²) in [6.45, 7) is 9.62. The van der Waals surface area contributed by atoms with Gasteiger partial charge < -0.3 is 44.5 Å². The number of halogens is 2. The molecule has 1 aliphatic rings. The highest BCUT2D eigenvalue weighted by Crippen LogP contribution is 2.28. The number of alkyl halides is 2. The summed E-state index contributed by atoms with van der Waals surface area (Å²) in [7, 11) is 0. The topological polar surface area (TPSA) is 205 Å². The molecular formula is C34H48Cl2N4O12. The summed E-state index contributed by atoms with van der Waals surface area (Å²) in [5.41, 5.74) is 1.59. The van der Waals surface area contributed by atoms with Gasteiger partial charge >= 0.3 is 23.9 Å². The Labute approximate surface area is 312 Å². The maximum Gasteiger partial charge on any atom is 0.305 e. The minimum absolute atomic E-state index is 0.0798. The summed E-state index contributed by atoms with van der Waals surface area (Å²) in [6.07, 6.45) is -5.77. The lowest BCUT2D eigenvalue weighted by molar-refractivity contribution is -0.271. The first kappa shape index (κ1) is 44.0. The summed E-state index contributed by atoms with van der Waals surface area (Å²) in [5.74, 6) is -4.90. The van der Waals surface area contributed by atoms with E-state index in [0.717, 1.165) is 33.4 Å². The summed E-state index contributed by atoms with van der Waals surface area (Å²) < 4.78 is 27.1. The molecule has 18 heteroatoms. The van der Waals surface area contributed by atoms with Crippen molar-refractivity contribution in [2.24, 2.45) is 5.92 Å². The Morgan fingerprint density at radius 2 is 1.33 bits per heavy atom. The van der Waals surface area contributed by atoms with Gasteiger partial charge in [-0.05, 0) is 23.6 Å². The zero-order chi connectivity index (χ0) is 39.1. The molecule has 1 fully saturated rings. The zero-order valence-electron chi connectivity index (χ0n) is 30.3. The predicted molar refractivity (Wildman–Crippen MR) is 188 cm³/mol. The molecule has 0 radical (unpaired) electrons. The van der Waals surface area contributed by atoms with Crippen LogP contribution in [0.15, 0.2) is 24.3 Å². The van der Waals surface area contributed by atoms with E-state index in [9.17, 15) is 33.6 Å². The van der Waals surface area contributed by atoms with E-state index in [2.05, 4.69) is 16.0 Å². The standard InChI is InChI=1S/C34H48Cl2N4O12/c1-18(2)28(38-32(46)26(37-19(3)41)16-24-8-10-25(11-9-24)40(14-12-35)15-13-36)33(47)39-29-31(50-22(6)44)30(49-21(5)43)27(17-48-20(4)42)52-34(29)51-23(7)45/h8-11,18,26-31,34H,12-17H2,1-7H3,(H,37,41)(H,38,46)(H,39,47)/t26-,27-,28+,29+,30+,31-,34-/m1/s1. The second kappa shape index (κ2) is 21.4. The van der Waals surface area contributed by atoms with Gasteiger partial charge in [-0.25, -0.2) is 0 Å². The first-order valence-corrected chi connectivity index (χ1v) is 17.7. The van der Waals surface area contributed by atoms with Crippen LogP contribution in [-0.4, -0.2) is 116 Å². The molecule has 1 aromatic rings. The maximum absolute atomic E-state index is 13.9. The third-order valence-electron chi connectivity index (χ3n) is 7.68. The van der Waals surface area contributed by atoms with Gasteiger partial charge in [0.2, 0.25) is 24.0 Å². The highest BCUT2D eigenvalue weighted by atomic mass is 35.5. The van der Waals surface area contributed by atoms with Gasteiger partial charge in [0.15, 0.2) is 12.2 Å². The smallest absolute Gasteiger partial charge is 0.305 e. The second-order valence-corrected chi connectivity index (χ2v) is 13.1. The van der Waals surface area contributed by atoms with E-state index < -0.39 is 96.9 Å². The van der Waals surface area contributed by atoms with Crippen molar-refractivity contribution in [2.45, 2.75) is 97.6 Å². The van der Waals surface area contributed by atoms with E-state index >= 15 is 0 Å². The lowest BCUT2D eigenvalue weighted by Gasteiger charge is -2.44. The number of hydrogen-bond donors (Lipinski definition) is 3. The molecule has 2 rings (SSSR count). The molecule has 1 heterocycles. The number of nitrogens with zero attached hydrogens (tertiary/aromatic N) is 1. The monoisotopic (exact) mass is 774 g/mol. The maximum atomic E-state index is 13.9. The van der Waals surface area contributed by atoms with E-state index in [1.54, 1.807) is 26.0 Å². The molecule has 0 bridgehead atoms. The van der Waals surface area contributed by atoms with Gasteiger partial charge in [0.25, 0.3) is 0 Å². The summed E-state index contributed by atoms with van der Waals surface area (Å²) in [5, 5.41) is 7.95. The lowest BCUT2D eigenvalue weighted by atomic mass is 9.94. The number of benzene rings is 1. The van der Waals surface area contributed by atoms with Crippen LogP contribution in [0.25, 0.3) is 0 Å². The van der Waals surface area contributed by atoms with Gasteiger partial charge in [0.1, 0.15) is 30.8 Å². The third-order valence-corrected chi connectivity index (χ3v) is 8.02. The molecule has 3 N–H and O–H groups in total. The van der Waals surface area contributed by atoms with Gasteiger partial charge in [-0.15, -0.1) is 23.2 Å². The number of esters is 4. The molecule has 3 amide bonds. The number of anilines is 1. The van der Waals surface area contributed by atoms with Crippen molar-refractivity contribution in [1.29, 1.82) is 0 Å². The number of rotatable bonds is 18. The highest BCUT2D eigenvalue weighted by Gasteiger charge is 2.53. The second-order valence-electron chi connectivity index (χ2n) is 12.4. The first-order chi connectivity index (χ1) is 24.5. The Morgan fingerprint density at radius 1 is 0.769 bits per heavy atom. The van der Waals surface area contributed by atoms with Crippen LogP contribution in [-0.2, 0) is 63.7 Å². The fraction of sp³-hybridized carbons (Fsp3) is 0.618. The molecule has 0 aromatic heterocycles. The summed E-state index contributed by atoms with van der Waals surface area (Å²) in [4.78, 5) is 89.9. The van der Waals surface area contributed by atoms with Gasteiger partial charge in [-0.3, -0.25) is 33.6 Å². The van der Waals surface area contributed by atoms with Gasteiger partial charge in [0.05, 0.1) is 0 Å². The molecule has 1 aliphatic heterocycles. The minimum Gasteiger partial charge on any atom is -0.463 e. The number of hydrogen-bond acceptors (Lipinski definition) is 13. The fourth-order valence-corrected chi connectivity index (χ4v) is 5.88. The molecular weight excluding hydrogens is 727 g/mol. The minimum atomic E-state index is -1.62. The van der Waals surface area contributed by atoms with Crippen LogP contribution in [0.2, 0.25) is 0 Å². The predicted octanol–water partition coefficient (Wildman–Crippen LogP) is 1.36. The lowest BCUT2D eigenvalue weighted by Crippen LogP contribution is -2.68. The molecule has 0 aliphatic carbocycles. The third kappa shape index (κ3) is 14.1. The molecule has 16 nitrogen and oxygen atoms in total. The number of carbonyl (C=O) groups is 7. The molecule has 52 heavy (non-hydrogen) atoms. The number of amides is 3. The van der Waals surface area contributed by atoms with E-state index in [-0.39, 0.29) is 6.42 Å². The molecule has 290 valence electrons. The van der Waals surface area contributed by atoms with Gasteiger partial charge in [0, 0.05) is 71.6 Å². The van der Waals surface area contributed by atoms with Crippen molar-refractivity contribution in [3.63, 3.8) is 0 Å². The summed E-state index contributed by atoms with van der Waals surface area (Å²) >= 11 is 11.9. The van der Waals surface area contributed by atoms with Crippen LogP contribution in [0, 0.1) is 5.92 Å². The summed E-state index contributed by atoms with van der Waals surface area (Å²) in [6, 6.07) is 3.52. The average Bonchev–Trinajstić information content (AvgIpc) is 3.04. The Kier molecular flexibility index (Phi) is 18.1. The highest BCUT2D eigenvalue weighted by molar-refractivity contribution is 6.18. The Morgan fingerprint density at radius 3 is 1.81 bits per heavy atom. The molecule has 0 saturated carbocycles. The van der Waals surface area contributed by atoms with Crippen LogP contribution >= 0.6 is 23.2 Å². The zero-order valence-corrected chi connectivity index (χ0v) is 31.8. The van der Waals surface area contributed by atoms with E-state index in [4.69, 9.17) is 46.9 Å². The van der Waals surface area contributed by atoms with Gasteiger partial charge in [-0.1, -0.05) is 26.0 Å². The van der Waals surface area contributed by atoms with Crippen LogP contribution in [0.4, 0.5) is 5.69 Å². The van der Waals surface area contributed by atoms with Crippen molar-refractivity contribution in [3.8, 4) is 0 Å². The SMILES string of the molecule is CC(=O)N[C@H](Cc1ccc(N(CCCl)CCCl)cc1)C(=O)N[C@H](C(=O)N[C@@H]1[C@H](OC(C)=O)O[C@H](COC(C)=O)[C@H](OC(C)=O)[C@@H]1OC(C)=O)C(C)C. The quantitative estimate of drug-likeness (QED) is 0.110. The molecule has 1 aromatic carbocycles. The van der Waals surface area contributed by atoms with Crippen LogP contribution in [0.5, 0.6) is 0 Å². The molecule has 7 atom stereocenters. The molecule has 1 saturated heterocycles. The Hall–Kier alpha value is -4.15. The number of ether oxygens (including phenoxy) is 5. The van der Waals surface area contributed by atoms with Crippen LogP contribution in [0.1, 0.15) is 54.0 Å². The van der Waals surface area contributed by atoms with Crippen molar-refractivity contribution >= 4 is 70.5 Å². The van der Waals surface area contributed by atoms with Crippen LogP contribution < -0.4 is 20.9 Å². The van der Waals surface area contributed by atoms with E-state index in [0.29, 0.717) is 30.4 Å². The molecule has 0 unspecified atom stereocenters. The number of nitrogens with one attached hydrogen (secondary N) is 3. The van der Waals surface area contributed by atoms with Crippen molar-refractivity contribution < 1.29 is 57.2 Å². The first-order valence-electron chi connectivity index (χ1n) is 16.6. The number of carbonyl (C=O) groups excluding carboxylic acids is 7. The van der Waals surface area contributed by atoms with Crippen molar-refractivity contribution in [2.75, 3.05) is 36.4 Å². The normalized spacial score (nSPS) is 20.8. The van der Waals surface area contributed by atoms with Crippen molar-refractivity contribution in [3.05, 3.63) is 29.8 Å².